The molecular formula is C21H21BrO5. The van der Waals surface area contributed by atoms with Crippen LogP contribution in [0.4, 0.5) is 0 Å². The summed E-state index contributed by atoms with van der Waals surface area (Å²) in [5.74, 6) is -0.876. The molecule has 0 spiro atoms. The Bertz CT molecular complexity index is 873. The number of rotatable bonds is 4. The molecule has 1 aromatic rings. The predicted molar refractivity (Wildman–Crippen MR) is 106 cm³/mol. The van der Waals surface area contributed by atoms with Gasteiger partial charge in [-0.25, -0.2) is 0 Å². The van der Waals surface area contributed by atoms with E-state index in [9.17, 15) is 14.7 Å². The molecule has 142 valence electrons. The number of phenolic OH excluding ortho intramolecular Hbond substituents is 1. The number of fused-ring (bicyclic) bond motifs is 1. The van der Waals surface area contributed by atoms with Gasteiger partial charge in [0.25, 0.3) is 0 Å². The summed E-state index contributed by atoms with van der Waals surface area (Å²) in [5, 5.41) is 10.2. The Morgan fingerprint density at radius 2 is 1.85 bits per heavy atom. The van der Waals surface area contributed by atoms with E-state index in [0.717, 1.165) is 5.57 Å². The number of methoxy groups -OCH3 is 2. The highest BCUT2D eigenvalue weighted by Gasteiger charge is 2.56. The fraction of sp³-hybridized carbons (Fsp3) is 0.333. The van der Waals surface area contributed by atoms with Gasteiger partial charge in [-0.15, -0.1) is 0 Å². The van der Waals surface area contributed by atoms with Crippen LogP contribution in [0.3, 0.4) is 0 Å². The molecule has 3 rings (SSSR count). The molecule has 0 fully saturated rings. The maximum atomic E-state index is 13.2. The molecule has 0 radical (unpaired) electrons. The van der Waals surface area contributed by atoms with Crippen molar-refractivity contribution in [2.24, 2.45) is 5.92 Å². The molecular weight excluding hydrogens is 412 g/mol. The zero-order valence-corrected chi connectivity index (χ0v) is 17.0. The van der Waals surface area contributed by atoms with Crippen molar-refractivity contribution in [3.8, 4) is 17.2 Å². The van der Waals surface area contributed by atoms with Gasteiger partial charge in [0.15, 0.2) is 23.1 Å². The van der Waals surface area contributed by atoms with E-state index < -0.39 is 16.2 Å². The lowest BCUT2D eigenvalue weighted by Gasteiger charge is -2.45. The van der Waals surface area contributed by atoms with Gasteiger partial charge in [0.1, 0.15) is 4.32 Å². The van der Waals surface area contributed by atoms with Crippen molar-refractivity contribution in [1.82, 2.24) is 0 Å². The number of hydrogen-bond donors (Lipinski definition) is 1. The zero-order valence-electron chi connectivity index (χ0n) is 15.4. The van der Waals surface area contributed by atoms with Crippen molar-refractivity contribution in [2.75, 3.05) is 14.2 Å². The molecule has 0 bridgehead atoms. The first-order valence-electron chi connectivity index (χ1n) is 8.52. The minimum Gasteiger partial charge on any atom is -0.502 e. The third-order valence-corrected chi connectivity index (χ3v) is 6.70. The summed E-state index contributed by atoms with van der Waals surface area (Å²) in [6.07, 6.45) is 5.51. The van der Waals surface area contributed by atoms with Crippen LogP contribution in [0.2, 0.25) is 0 Å². The van der Waals surface area contributed by atoms with Crippen molar-refractivity contribution in [3.05, 3.63) is 53.6 Å². The molecule has 0 amide bonds. The molecule has 0 heterocycles. The van der Waals surface area contributed by atoms with Gasteiger partial charge in [-0.2, -0.15) is 0 Å². The van der Waals surface area contributed by atoms with Crippen LogP contribution in [0.1, 0.15) is 24.8 Å². The van der Waals surface area contributed by atoms with Crippen LogP contribution >= 0.6 is 15.9 Å². The molecule has 2 aliphatic rings. The second-order valence-corrected chi connectivity index (χ2v) is 8.04. The van der Waals surface area contributed by atoms with Gasteiger partial charge in [-0.05, 0) is 48.3 Å². The lowest BCUT2D eigenvalue weighted by molar-refractivity contribution is -0.128. The van der Waals surface area contributed by atoms with Gasteiger partial charge in [0, 0.05) is 11.8 Å². The zero-order chi connectivity index (χ0) is 19.9. The van der Waals surface area contributed by atoms with Crippen molar-refractivity contribution >= 4 is 27.5 Å². The minimum atomic E-state index is -1.13. The van der Waals surface area contributed by atoms with Crippen molar-refractivity contribution in [3.63, 3.8) is 0 Å². The van der Waals surface area contributed by atoms with Crippen LogP contribution in [-0.2, 0) is 9.59 Å². The standard InChI is InChI=1S/C21H21BrO5/c1-5-12-6-7-14-15(23)8-11(2)20(25)21(14,22)18(12)13-9-16(26-3)19(24)17(10-13)27-4/h5-6,8-10,14,18,24H,1,7H2,2-4H3/t14-,18+,21-/m0/s1. The summed E-state index contributed by atoms with van der Waals surface area (Å²) in [5.41, 5.74) is 1.93. The average molecular weight is 433 g/mol. The number of carbonyl (C=O) groups is 2. The van der Waals surface area contributed by atoms with Gasteiger partial charge < -0.3 is 14.6 Å². The summed E-state index contributed by atoms with van der Waals surface area (Å²) in [7, 11) is 2.89. The monoisotopic (exact) mass is 432 g/mol. The number of Topliss-reactive ketones (excluding diaryl/α,β-unsaturated/α-hetero) is 1. The van der Waals surface area contributed by atoms with E-state index in [4.69, 9.17) is 9.47 Å². The van der Waals surface area contributed by atoms with E-state index in [-0.39, 0.29) is 28.8 Å². The Kier molecular flexibility index (Phi) is 5.04. The number of alkyl halides is 1. The Morgan fingerprint density at radius 1 is 1.26 bits per heavy atom. The van der Waals surface area contributed by atoms with Gasteiger partial charge in [0.2, 0.25) is 5.75 Å². The largest absolute Gasteiger partial charge is 0.502 e. The lowest BCUT2D eigenvalue weighted by atomic mass is 9.62. The quantitative estimate of drug-likeness (QED) is 0.731. The highest BCUT2D eigenvalue weighted by molar-refractivity contribution is 9.10. The molecule has 5 nitrogen and oxygen atoms in total. The van der Waals surface area contributed by atoms with E-state index in [1.54, 1.807) is 25.1 Å². The molecule has 6 heteroatoms. The molecule has 1 aromatic carbocycles. The number of carbonyl (C=O) groups excluding carboxylic acids is 2. The normalized spacial score (nSPS) is 27.4. The Balaban J connectivity index is 2.28. The first-order chi connectivity index (χ1) is 12.8. The Labute approximate surface area is 166 Å². The highest BCUT2D eigenvalue weighted by Crippen LogP contribution is 2.55. The first kappa shape index (κ1) is 19.4. The number of aromatic hydroxyl groups is 1. The average Bonchev–Trinajstić information content (AvgIpc) is 2.66. The Morgan fingerprint density at radius 3 is 2.37 bits per heavy atom. The number of ether oxygens (including phenoxy) is 2. The van der Waals surface area contributed by atoms with Crippen molar-refractivity contribution in [1.29, 1.82) is 0 Å². The molecule has 0 saturated heterocycles. The van der Waals surface area contributed by atoms with Crippen LogP contribution in [0.5, 0.6) is 17.2 Å². The SMILES string of the molecule is C=CC1=CC[C@H]2C(=O)C=C(C)C(=O)[C@@]2(Br)[C@H]1c1cc(OC)c(O)c(OC)c1. The van der Waals surface area contributed by atoms with E-state index in [0.29, 0.717) is 17.6 Å². The van der Waals surface area contributed by atoms with Crippen LogP contribution in [-0.4, -0.2) is 35.2 Å². The van der Waals surface area contributed by atoms with Gasteiger partial charge in [0.05, 0.1) is 14.2 Å². The summed E-state index contributed by atoms with van der Waals surface area (Å²) in [6.45, 7) is 5.54. The van der Waals surface area contributed by atoms with Crippen molar-refractivity contribution < 1.29 is 24.2 Å². The fourth-order valence-corrected chi connectivity index (χ4v) is 5.25. The molecule has 0 aliphatic heterocycles. The maximum absolute atomic E-state index is 13.2. The van der Waals surface area contributed by atoms with Gasteiger partial charge in [-0.3, -0.25) is 9.59 Å². The highest BCUT2D eigenvalue weighted by atomic mass is 79.9. The number of allylic oxidation sites excluding steroid dienone is 5. The van der Waals surface area contributed by atoms with Crippen LogP contribution in [0.15, 0.2) is 48.1 Å². The molecule has 0 unspecified atom stereocenters. The van der Waals surface area contributed by atoms with E-state index >= 15 is 0 Å². The molecule has 3 atom stereocenters. The van der Waals surface area contributed by atoms with Gasteiger partial charge in [-0.1, -0.05) is 34.7 Å². The molecule has 27 heavy (non-hydrogen) atoms. The van der Waals surface area contributed by atoms with E-state index in [1.165, 1.54) is 20.3 Å². The number of phenols is 1. The summed E-state index contributed by atoms with van der Waals surface area (Å²) in [6, 6.07) is 3.33. The molecule has 0 saturated carbocycles. The van der Waals surface area contributed by atoms with Crippen LogP contribution in [0, 0.1) is 5.92 Å². The first-order valence-corrected chi connectivity index (χ1v) is 9.32. The number of ketones is 2. The second kappa shape index (κ2) is 7.00. The molecule has 0 aromatic heterocycles. The predicted octanol–water partition coefficient (Wildman–Crippen LogP) is 3.86. The Hall–Kier alpha value is -2.34. The van der Waals surface area contributed by atoms with Crippen molar-refractivity contribution in [2.45, 2.75) is 23.6 Å². The molecule has 1 N–H and O–H groups in total. The molecule has 2 aliphatic carbocycles. The topological polar surface area (TPSA) is 72.8 Å². The second-order valence-electron chi connectivity index (χ2n) is 6.73. The third-order valence-electron chi connectivity index (χ3n) is 5.33. The van der Waals surface area contributed by atoms with Gasteiger partial charge >= 0.3 is 0 Å². The summed E-state index contributed by atoms with van der Waals surface area (Å²) in [4.78, 5) is 25.9. The smallest absolute Gasteiger partial charge is 0.200 e. The summed E-state index contributed by atoms with van der Waals surface area (Å²) < 4.78 is 9.41. The number of halogens is 1. The van der Waals surface area contributed by atoms with Crippen LogP contribution in [0.25, 0.3) is 0 Å². The van der Waals surface area contributed by atoms with Crippen LogP contribution < -0.4 is 9.47 Å². The lowest BCUT2D eigenvalue weighted by Crippen LogP contribution is -2.53. The fourth-order valence-electron chi connectivity index (χ4n) is 4.00. The third kappa shape index (κ3) is 2.83. The van der Waals surface area contributed by atoms with E-state index in [1.807, 2.05) is 6.08 Å². The minimum absolute atomic E-state index is 0.0777. The number of hydrogen-bond acceptors (Lipinski definition) is 5. The van der Waals surface area contributed by atoms with E-state index in [2.05, 4.69) is 22.5 Å². The summed E-state index contributed by atoms with van der Waals surface area (Å²) >= 11 is 3.67. The number of benzene rings is 1. The maximum Gasteiger partial charge on any atom is 0.200 e.